The molecule has 1 saturated carbocycles. The molecule has 4 nitrogen and oxygen atoms in total. The van der Waals surface area contributed by atoms with Gasteiger partial charge in [0, 0.05) is 18.1 Å². The Hall–Kier alpha value is -0.260. The molecule has 3 unspecified atom stereocenters. The number of carbonyl (C=O) groups excluding carboxylic acids is 1. The molecule has 0 bridgehead atoms. The molecule has 0 aromatic rings. The van der Waals surface area contributed by atoms with Crippen molar-refractivity contribution < 1.29 is 14.3 Å². The summed E-state index contributed by atoms with van der Waals surface area (Å²) in [5, 5.41) is 0.564. The highest BCUT2D eigenvalue weighted by molar-refractivity contribution is 7.99. The largest absolute Gasteiger partial charge is 0.465 e. The maximum Gasteiger partial charge on any atom is 0.323 e. The Labute approximate surface area is 108 Å². The lowest BCUT2D eigenvalue weighted by Crippen LogP contribution is -2.35. The second kappa shape index (κ2) is 7.95. The molecule has 1 aliphatic rings. The first kappa shape index (κ1) is 14.8. The normalized spacial score (nSPS) is 26.5. The van der Waals surface area contributed by atoms with Crippen molar-refractivity contribution in [1.29, 1.82) is 0 Å². The van der Waals surface area contributed by atoms with E-state index in [-0.39, 0.29) is 5.97 Å². The summed E-state index contributed by atoms with van der Waals surface area (Å²) in [6.07, 6.45) is 4.99. The van der Waals surface area contributed by atoms with Crippen LogP contribution in [0.15, 0.2) is 0 Å². The van der Waals surface area contributed by atoms with Gasteiger partial charge in [-0.1, -0.05) is 0 Å². The average Bonchev–Trinajstić information content (AvgIpc) is 2.36. The van der Waals surface area contributed by atoms with Crippen molar-refractivity contribution in [2.45, 2.75) is 50.0 Å². The van der Waals surface area contributed by atoms with E-state index >= 15 is 0 Å². The lowest BCUT2D eigenvalue weighted by Gasteiger charge is -2.28. The number of rotatable bonds is 6. The van der Waals surface area contributed by atoms with Gasteiger partial charge in [-0.05, 0) is 32.6 Å². The van der Waals surface area contributed by atoms with Crippen molar-refractivity contribution in [1.82, 2.24) is 0 Å². The minimum atomic E-state index is -0.497. The summed E-state index contributed by atoms with van der Waals surface area (Å²) in [5.41, 5.74) is 5.76. The molecule has 0 aromatic heterocycles. The van der Waals surface area contributed by atoms with Crippen LogP contribution in [-0.2, 0) is 14.3 Å². The molecule has 0 radical (unpaired) electrons. The van der Waals surface area contributed by atoms with Gasteiger partial charge >= 0.3 is 5.97 Å². The smallest absolute Gasteiger partial charge is 0.323 e. The third kappa shape index (κ3) is 5.27. The van der Waals surface area contributed by atoms with E-state index in [1.54, 1.807) is 25.8 Å². The number of thioether (sulfide) groups is 1. The van der Waals surface area contributed by atoms with Crippen LogP contribution >= 0.6 is 11.8 Å². The van der Waals surface area contributed by atoms with E-state index in [0.717, 1.165) is 12.8 Å². The van der Waals surface area contributed by atoms with Gasteiger partial charge in [-0.3, -0.25) is 4.79 Å². The zero-order chi connectivity index (χ0) is 12.7. The second-order valence-corrected chi connectivity index (χ2v) is 5.67. The molecule has 0 amide bonds. The van der Waals surface area contributed by atoms with E-state index in [1.165, 1.54) is 12.8 Å². The van der Waals surface area contributed by atoms with Gasteiger partial charge < -0.3 is 15.2 Å². The Morgan fingerprint density at radius 1 is 1.53 bits per heavy atom. The highest BCUT2D eigenvalue weighted by Crippen LogP contribution is 2.30. The molecule has 0 aromatic carbocycles. The molecule has 3 atom stereocenters. The summed E-state index contributed by atoms with van der Waals surface area (Å²) >= 11 is 1.77. The molecule has 5 heteroatoms. The summed E-state index contributed by atoms with van der Waals surface area (Å²) < 4.78 is 10.3. The fourth-order valence-electron chi connectivity index (χ4n) is 2.02. The van der Waals surface area contributed by atoms with Gasteiger partial charge in [0.15, 0.2) is 0 Å². The van der Waals surface area contributed by atoms with Crippen LogP contribution in [0.2, 0.25) is 0 Å². The van der Waals surface area contributed by atoms with Gasteiger partial charge in [0.1, 0.15) is 6.04 Å². The molecule has 1 fully saturated rings. The maximum absolute atomic E-state index is 11.4. The molecule has 100 valence electrons. The monoisotopic (exact) mass is 261 g/mol. The van der Waals surface area contributed by atoms with Crippen LogP contribution in [0.5, 0.6) is 0 Å². The molecule has 0 saturated heterocycles. The van der Waals surface area contributed by atoms with Crippen molar-refractivity contribution in [2.24, 2.45) is 5.73 Å². The fraction of sp³-hybridized carbons (Fsp3) is 0.917. The van der Waals surface area contributed by atoms with E-state index in [2.05, 4.69) is 0 Å². The first-order chi connectivity index (χ1) is 8.17. The maximum atomic E-state index is 11.4. The molecule has 0 spiro atoms. The number of nitrogens with two attached hydrogens (primary N) is 1. The summed E-state index contributed by atoms with van der Waals surface area (Å²) in [6, 6.07) is -0.497. The van der Waals surface area contributed by atoms with Gasteiger partial charge in [-0.2, -0.15) is 11.8 Å². The van der Waals surface area contributed by atoms with Gasteiger partial charge in [-0.15, -0.1) is 0 Å². The second-order valence-electron chi connectivity index (χ2n) is 4.34. The molecule has 2 N–H and O–H groups in total. The van der Waals surface area contributed by atoms with Gasteiger partial charge in [-0.25, -0.2) is 0 Å². The van der Waals surface area contributed by atoms with Crippen LogP contribution in [0.4, 0.5) is 0 Å². The fourth-order valence-corrected chi connectivity index (χ4v) is 3.32. The van der Waals surface area contributed by atoms with Crippen LogP contribution < -0.4 is 5.73 Å². The van der Waals surface area contributed by atoms with E-state index in [9.17, 15) is 4.79 Å². The van der Waals surface area contributed by atoms with Crippen LogP contribution in [0.1, 0.15) is 32.6 Å². The van der Waals surface area contributed by atoms with Crippen molar-refractivity contribution in [3.63, 3.8) is 0 Å². The lowest BCUT2D eigenvalue weighted by atomic mass is 9.97. The topological polar surface area (TPSA) is 61.5 Å². The Kier molecular flexibility index (Phi) is 6.92. The van der Waals surface area contributed by atoms with E-state index in [4.69, 9.17) is 15.2 Å². The Balaban J connectivity index is 2.23. The quantitative estimate of drug-likeness (QED) is 0.735. The summed E-state index contributed by atoms with van der Waals surface area (Å²) in [4.78, 5) is 11.4. The van der Waals surface area contributed by atoms with Gasteiger partial charge in [0.25, 0.3) is 0 Å². The molecule has 17 heavy (non-hydrogen) atoms. The highest BCUT2D eigenvalue weighted by Gasteiger charge is 2.24. The minimum absolute atomic E-state index is 0.292. The summed E-state index contributed by atoms with van der Waals surface area (Å²) in [7, 11) is 1.77. The standard InChI is InChI=1S/C12H23NO3S/c1-3-16-12(14)11(13)8-17-10-6-4-5-9(7-10)15-2/h9-11H,3-8,13H2,1-2H3. The van der Waals surface area contributed by atoms with Gasteiger partial charge in [0.2, 0.25) is 0 Å². The van der Waals surface area contributed by atoms with Crippen molar-refractivity contribution >= 4 is 17.7 Å². The summed E-state index contributed by atoms with van der Waals surface area (Å²) in [5.74, 6) is 0.346. The zero-order valence-electron chi connectivity index (χ0n) is 10.7. The lowest BCUT2D eigenvalue weighted by molar-refractivity contribution is -0.144. The first-order valence-electron chi connectivity index (χ1n) is 6.24. The predicted molar refractivity (Wildman–Crippen MR) is 70.1 cm³/mol. The molecule has 1 rings (SSSR count). The highest BCUT2D eigenvalue weighted by atomic mass is 32.2. The molecular formula is C12H23NO3S. The number of hydrogen-bond donors (Lipinski definition) is 1. The van der Waals surface area contributed by atoms with Gasteiger partial charge in [0.05, 0.1) is 12.7 Å². The molecule has 1 aliphatic carbocycles. The molecule has 0 aliphatic heterocycles. The van der Waals surface area contributed by atoms with Crippen LogP contribution in [0.3, 0.4) is 0 Å². The third-order valence-electron chi connectivity index (χ3n) is 3.01. The Morgan fingerprint density at radius 2 is 2.29 bits per heavy atom. The van der Waals surface area contributed by atoms with E-state index in [0.29, 0.717) is 23.7 Å². The average molecular weight is 261 g/mol. The SMILES string of the molecule is CCOC(=O)C(N)CSC1CCCC(OC)C1. The van der Waals surface area contributed by atoms with E-state index < -0.39 is 6.04 Å². The molecular weight excluding hydrogens is 238 g/mol. The van der Waals surface area contributed by atoms with E-state index in [1.807, 2.05) is 0 Å². The number of hydrogen-bond acceptors (Lipinski definition) is 5. The van der Waals surface area contributed by atoms with Crippen LogP contribution in [-0.4, -0.2) is 42.8 Å². The third-order valence-corrected chi connectivity index (χ3v) is 4.46. The van der Waals surface area contributed by atoms with Crippen molar-refractivity contribution in [2.75, 3.05) is 19.5 Å². The van der Waals surface area contributed by atoms with Crippen LogP contribution in [0.25, 0.3) is 0 Å². The number of ether oxygens (including phenoxy) is 2. The Bertz CT molecular complexity index is 238. The number of carbonyl (C=O) groups is 1. The number of esters is 1. The number of methoxy groups -OCH3 is 1. The van der Waals surface area contributed by atoms with Crippen molar-refractivity contribution in [3.8, 4) is 0 Å². The minimum Gasteiger partial charge on any atom is -0.465 e. The van der Waals surface area contributed by atoms with Crippen molar-refractivity contribution in [3.05, 3.63) is 0 Å². The summed E-state index contributed by atoms with van der Waals surface area (Å²) in [6.45, 7) is 2.19. The molecule has 0 heterocycles. The first-order valence-corrected chi connectivity index (χ1v) is 7.28. The van der Waals surface area contributed by atoms with Crippen LogP contribution in [0, 0.1) is 0 Å². The predicted octanol–water partition coefficient (Wildman–Crippen LogP) is 1.57. The zero-order valence-corrected chi connectivity index (χ0v) is 11.5. The Morgan fingerprint density at radius 3 is 2.94 bits per heavy atom.